The van der Waals surface area contributed by atoms with E-state index in [-0.39, 0.29) is 16.4 Å². The van der Waals surface area contributed by atoms with Crippen molar-refractivity contribution < 1.29 is 16.8 Å². The van der Waals surface area contributed by atoms with Crippen LogP contribution in [0.3, 0.4) is 0 Å². The van der Waals surface area contributed by atoms with E-state index in [1.54, 1.807) is 29.4 Å². The average molecular weight is 508 g/mol. The number of fused-ring (bicyclic) bond motifs is 1. The average Bonchev–Trinajstić information content (AvgIpc) is 3.08. The van der Waals surface area contributed by atoms with Crippen LogP contribution < -0.4 is 5.14 Å². The highest BCUT2D eigenvalue weighted by Crippen LogP contribution is 2.41. The minimum absolute atomic E-state index is 0.133. The maximum atomic E-state index is 13.3. The van der Waals surface area contributed by atoms with Crippen molar-refractivity contribution in [3.63, 3.8) is 0 Å². The zero-order valence-electron chi connectivity index (χ0n) is 20.8. The summed E-state index contributed by atoms with van der Waals surface area (Å²) >= 11 is 0. The van der Waals surface area contributed by atoms with Gasteiger partial charge < -0.3 is 4.57 Å². The molecule has 1 saturated carbocycles. The first kappa shape index (κ1) is 25.4. The van der Waals surface area contributed by atoms with Crippen molar-refractivity contribution in [3.05, 3.63) is 35.5 Å². The lowest BCUT2D eigenvalue weighted by atomic mass is 9.83. The van der Waals surface area contributed by atoms with E-state index in [4.69, 9.17) is 5.14 Å². The van der Waals surface area contributed by atoms with E-state index in [1.807, 2.05) is 19.9 Å². The van der Waals surface area contributed by atoms with Gasteiger partial charge in [-0.3, -0.25) is 0 Å². The Bertz CT molecular complexity index is 1300. The predicted octanol–water partition coefficient (Wildman–Crippen LogP) is 4.38. The number of nitrogens with two attached hydrogens (primary N) is 1. The summed E-state index contributed by atoms with van der Waals surface area (Å²) in [6, 6.07) is 6.93. The third kappa shape index (κ3) is 4.47. The van der Waals surface area contributed by atoms with Crippen LogP contribution in [0.25, 0.3) is 11.3 Å². The second-order valence-corrected chi connectivity index (χ2v) is 14.3. The Morgan fingerprint density at radius 2 is 1.76 bits per heavy atom. The van der Waals surface area contributed by atoms with Gasteiger partial charge in [-0.1, -0.05) is 39.2 Å². The first-order chi connectivity index (χ1) is 15.7. The summed E-state index contributed by atoms with van der Waals surface area (Å²) in [5, 5.41) is 5.56. The zero-order chi connectivity index (χ0) is 25.1. The van der Waals surface area contributed by atoms with E-state index < -0.39 is 20.0 Å². The van der Waals surface area contributed by atoms with Crippen LogP contribution in [0.4, 0.5) is 0 Å². The topological polar surface area (TPSA) is 102 Å². The fraction of sp³-hybridized carbons (Fsp3) is 0.600. The molecule has 1 aliphatic carbocycles. The lowest BCUT2D eigenvalue weighted by Crippen LogP contribution is -2.49. The quantitative estimate of drug-likeness (QED) is 0.649. The third-order valence-corrected chi connectivity index (χ3v) is 10.6. The minimum Gasteiger partial charge on any atom is -0.343 e. The number of hydrogen-bond acceptors (Lipinski definition) is 4. The molecule has 2 N–H and O–H groups in total. The lowest BCUT2D eigenvalue weighted by molar-refractivity contribution is 0.276. The number of sulfonamides is 2. The van der Waals surface area contributed by atoms with E-state index >= 15 is 0 Å². The first-order valence-corrected chi connectivity index (χ1v) is 15.1. The molecule has 7 nitrogen and oxygen atoms in total. The molecule has 0 amide bonds. The van der Waals surface area contributed by atoms with Crippen molar-refractivity contribution in [2.45, 2.75) is 94.5 Å². The Morgan fingerprint density at radius 1 is 1.12 bits per heavy atom. The van der Waals surface area contributed by atoms with Gasteiger partial charge >= 0.3 is 0 Å². The molecule has 9 heteroatoms. The predicted molar refractivity (Wildman–Crippen MR) is 135 cm³/mol. The number of primary sulfonamides is 1. The first-order valence-electron chi connectivity index (χ1n) is 12.1. The molecule has 1 aromatic carbocycles. The van der Waals surface area contributed by atoms with Gasteiger partial charge in [-0.05, 0) is 68.9 Å². The maximum Gasteiger partial charge on any atom is 0.243 e. The van der Waals surface area contributed by atoms with Crippen LogP contribution >= 0.6 is 0 Å². The summed E-state index contributed by atoms with van der Waals surface area (Å²) in [5.74, 6) is 0.487. The monoisotopic (exact) mass is 507 g/mol. The molecule has 0 radical (unpaired) electrons. The Labute approximate surface area is 204 Å². The van der Waals surface area contributed by atoms with E-state index in [0.717, 1.165) is 36.2 Å². The molecule has 2 heterocycles. The molecule has 188 valence electrons. The summed E-state index contributed by atoms with van der Waals surface area (Å²) in [6.07, 6.45) is 5.89. The van der Waals surface area contributed by atoms with E-state index in [0.29, 0.717) is 23.1 Å². The summed E-state index contributed by atoms with van der Waals surface area (Å²) < 4.78 is 55.0. The number of benzene rings is 1. The summed E-state index contributed by atoms with van der Waals surface area (Å²) in [6.45, 7) is 10.8. The van der Waals surface area contributed by atoms with Crippen molar-refractivity contribution >= 4 is 20.0 Å². The van der Waals surface area contributed by atoms with E-state index in [9.17, 15) is 16.8 Å². The fourth-order valence-electron chi connectivity index (χ4n) is 5.60. The van der Waals surface area contributed by atoms with Gasteiger partial charge in [-0.25, -0.2) is 22.0 Å². The summed E-state index contributed by atoms with van der Waals surface area (Å²) in [4.78, 5) is 0.462. The van der Waals surface area contributed by atoms with Crippen LogP contribution in [0, 0.1) is 12.8 Å². The van der Waals surface area contributed by atoms with Gasteiger partial charge in [-0.15, -0.1) is 0 Å². The van der Waals surface area contributed by atoms with Gasteiger partial charge in [0.05, 0.1) is 4.90 Å². The maximum absolute atomic E-state index is 13.3. The Balaban J connectivity index is 1.87. The Hall–Kier alpha value is -1.68. The van der Waals surface area contributed by atoms with Gasteiger partial charge in [0.1, 0.15) is 4.90 Å². The second-order valence-electron chi connectivity index (χ2n) is 10.9. The molecule has 0 saturated heterocycles. The lowest BCUT2D eigenvalue weighted by Gasteiger charge is -2.41. The van der Waals surface area contributed by atoms with Crippen molar-refractivity contribution in [1.29, 1.82) is 0 Å². The van der Waals surface area contributed by atoms with Crippen molar-refractivity contribution in [3.8, 4) is 11.3 Å². The number of rotatable bonds is 5. The molecule has 0 unspecified atom stereocenters. The van der Waals surface area contributed by atoms with Gasteiger partial charge in [0.2, 0.25) is 20.0 Å². The number of aromatic nitrogens is 1. The SMILES string of the molecule is Cc1c(S(N)(=O)=O)cc(-c2ccc3c(c2)C(C)(C)CN(C(C)C)S3(=O)=O)n1CC1CCCCC1. The number of hydrogen-bond donors (Lipinski definition) is 1. The molecular weight excluding hydrogens is 470 g/mol. The second kappa shape index (κ2) is 8.76. The third-order valence-electron chi connectivity index (χ3n) is 7.51. The smallest absolute Gasteiger partial charge is 0.243 e. The van der Waals surface area contributed by atoms with Gasteiger partial charge in [0.25, 0.3) is 0 Å². The molecule has 2 aliphatic rings. The molecule has 0 atom stereocenters. The zero-order valence-corrected chi connectivity index (χ0v) is 22.5. The van der Waals surface area contributed by atoms with Crippen molar-refractivity contribution in [2.24, 2.45) is 11.1 Å². The Kier molecular flexibility index (Phi) is 6.55. The van der Waals surface area contributed by atoms with Crippen LogP contribution in [-0.4, -0.2) is 38.3 Å². The molecule has 2 aromatic rings. The highest BCUT2D eigenvalue weighted by atomic mass is 32.2. The molecule has 0 bridgehead atoms. The van der Waals surface area contributed by atoms with Gasteiger partial charge in [-0.2, -0.15) is 4.31 Å². The highest BCUT2D eigenvalue weighted by Gasteiger charge is 2.42. The van der Waals surface area contributed by atoms with Crippen LogP contribution in [0.2, 0.25) is 0 Å². The molecule has 1 fully saturated rings. The molecule has 0 spiro atoms. The normalized spacial score (nSPS) is 21.0. The van der Waals surface area contributed by atoms with Crippen LogP contribution in [0.15, 0.2) is 34.1 Å². The van der Waals surface area contributed by atoms with Gasteiger partial charge in [0.15, 0.2) is 0 Å². The van der Waals surface area contributed by atoms with Crippen molar-refractivity contribution in [1.82, 2.24) is 8.87 Å². The minimum atomic E-state index is -3.88. The fourth-order valence-corrected chi connectivity index (χ4v) is 8.55. The van der Waals surface area contributed by atoms with Crippen LogP contribution in [-0.2, 0) is 32.0 Å². The largest absolute Gasteiger partial charge is 0.343 e. The Morgan fingerprint density at radius 3 is 2.35 bits per heavy atom. The van der Waals surface area contributed by atoms with E-state index in [1.165, 1.54) is 19.3 Å². The molecule has 1 aromatic heterocycles. The van der Waals surface area contributed by atoms with Crippen LogP contribution in [0.1, 0.15) is 71.1 Å². The molecule has 1 aliphatic heterocycles. The number of nitrogens with zero attached hydrogens (tertiary/aromatic N) is 2. The highest BCUT2D eigenvalue weighted by molar-refractivity contribution is 7.89. The summed E-state index contributed by atoms with van der Waals surface area (Å²) in [7, 11) is -7.48. The molecule has 4 rings (SSSR count). The van der Waals surface area contributed by atoms with Crippen LogP contribution in [0.5, 0.6) is 0 Å². The van der Waals surface area contributed by atoms with E-state index in [2.05, 4.69) is 18.4 Å². The molecule has 34 heavy (non-hydrogen) atoms. The van der Waals surface area contributed by atoms with Crippen molar-refractivity contribution in [2.75, 3.05) is 6.54 Å². The standard InChI is InChI=1S/C25H37N3O4S2/c1-17(2)28-16-25(4,5)21-13-20(11-12-23(21)34(28,31)32)22-14-24(33(26,29)30)18(3)27(22)15-19-9-7-6-8-10-19/h11-14,17,19H,6-10,15-16H2,1-5H3,(H2,26,29,30). The van der Waals surface area contributed by atoms with Gasteiger partial charge in [0, 0.05) is 35.9 Å². The summed E-state index contributed by atoms with van der Waals surface area (Å²) in [5.41, 5.74) is 2.60. The molecular formula is C25H37N3O4S2.